The van der Waals surface area contributed by atoms with Gasteiger partial charge in [0.1, 0.15) is 0 Å². The van der Waals surface area contributed by atoms with E-state index < -0.39 is 0 Å². The molecule has 0 saturated carbocycles. The highest BCUT2D eigenvalue weighted by Crippen LogP contribution is 2.38. The first-order valence-corrected chi connectivity index (χ1v) is 8.10. The van der Waals surface area contributed by atoms with E-state index in [4.69, 9.17) is 9.47 Å². The van der Waals surface area contributed by atoms with Crippen molar-refractivity contribution in [2.24, 2.45) is 5.92 Å². The zero-order valence-corrected chi connectivity index (χ0v) is 13.3. The van der Waals surface area contributed by atoms with Gasteiger partial charge < -0.3 is 9.47 Å². The van der Waals surface area contributed by atoms with E-state index in [-0.39, 0.29) is 5.60 Å². The zero-order valence-electron chi connectivity index (χ0n) is 13.3. The van der Waals surface area contributed by atoms with Crippen LogP contribution in [0.5, 0.6) is 0 Å². The lowest BCUT2D eigenvalue weighted by atomic mass is 9.79. The third-order valence-corrected chi connectivity index (χ3v) is 5.00. The van der Waals surface area contributed by atoms with Gasteiger partial charge in [0.05, 0.1) is 5.60 Å². The third-order valence-electron chi connectivity index (χ3n) is 5.00. The summed E-state index contributed by atoms with van der Waals surface area (Å²) < 4.78 is 11.4. The molecular formula is C18H27NO2. The van der Waals surface area contributed by atoms with E-state index in [1.165, 1.54) is 30.4 Å². The molecule has 3 nitrogen and oxygen atoms in total. The van der Waals surface area contributed by atoms with Crippen molar-refractivity contribution in [3.8, 4) is 0 Å². The molecular weight excluding hydrogens is 262 g/mol. The second kappa shape index (κ2) is 6.47. The number of methoxy groups -OCH3 is 1. The Bertz CT molecular complexity index is 468. The molecule has 0 N–H and O–H groups in total. The Balaban J connectivity index is 1.51. The van der Waals surface area contributed by atoms with Crippen LogP contribution in [0.15, 0.2) is 24.3 Å². The molecule has 0 radical (unpaired) electrons. The van der Waals surface area contributed by atoms with Gasteiger partial charge >= 0.3 is 0 Å². The largest absolute Gasteiger partial charge is 0.385 e. The molecule has 0 aromatic heterocycles. The summed E-state index contributed by atoms with van der Waals surface area (Å²) in [5, 5.41) is 0. The standard InChI is InChI=1S/C18H27NO2/c1-15-5-3-4-6-17(15)12-19-13-18(14-19)11-16(7-9-20-2)8-10-21-18/h3-6,16H,7-14H2,1-2H3/t16-/m0/s1. The predicted molar refractivity (Wildman–Crippen MR) is 84.4 cm³/mol. The lowest BCUT2D eigenvalue weighted by Crippen LogP contribution is -2.64. The molecule has 116 valence electrons. The quantitative estimate of drug-likeness (QED) is 0.832. The van der Waals surface area contributed by atoms with E-state index in [2.05, 4.69) is 36.1 Å². The molecule has 3 rings (SSSR count). The molecule has 2 aliphatic heterocycles. The molecule has 21 heavy (non-hydrogen) atoms. The summed E-state index contributed by atoms with van der Waals surface area (Å²) in [5.41, 5.74) is 2.97. The maximum Gasteiger partial charge on any atom is 0.0937 e. The fraction of sp³-hybridized carbons (Fsp3) is 0.667. The minimum atomic E-state index is 0.138. The Kier molecular flexibility index (Phi) is 4.63. The SMILES string of the molecule is COCC[C@H]1CCOC2(C1)CN(Cc1ccccc1C)C2. The number of ether oxygens (including phenoxy) is 2. The van der Waals surface area contributed by atoms with E-state index in [1.54, 1.807) is 7.11 Å². The Morgan fingerprint density at radius 3 is 2.90 bits per heavy atom. The van der Waals surface area contributed by atoms with Gasteiger partial charge in [-0.2, -0.15) is 0 Å². The first-order chi connectivity index (χ1) is 10.2. The second-order valence-corrected chi connectivity index (χ2v) is 6.74. The molecule has 2 saturated heterocycles. The smallest absolute Gasteiger partial charge is 0.0937 e. The van der Waals surface area contributed by atoms with Gasteiger partial charge in [-0.3, -0.25) is 4.90 Å². The molecule has 2 fully saturated rings. The lowest BCUT2D eigenvalue weighted by Gasteiger charge is -2.53. The van der Waals surface area contributed by atoms with Crippen LogP contribution in [0.2, 0.25) is 0 Å². The summed E-state index contributed by atoms with van der Waals surface area (Å²) >= 11 is 0. The molecule has 0 amide bonds. The molecule has 1 spiro atoms. The van der Waals surface area contributed by atoms with Gasteiger partial charge in [0, 0.05) is 40.0 Å². The van der Waals surface area contributed by atoms with E-state index >= 15 is 0 Å². The number of benzene rings is 1. The summed E-state index contributed by atoms with van der Waals surface area (Å²) in [6, 6.07) is 8.68. The summed E-state index contributed by atoms with van der Waals surface area (Å²) in [4.78, 5) is 2.51. The average Bonchev–Trinajstić information content (AvgIpc) is 2.46. The summed E-state index contributed by atoms with van der Waals surface area (Å²) in [6.45, 7) is 7.24. The fourth-order valence-electron chi connectivity index (χ4n) is 3.79. The van der Waals surface area contributed by atoms with Gasteiger partial charge in [0.15, 0.2) is 0 Å². The normalized spacial score (nSPS) is 25.0. The molecule has 1 aromatic carbocycles. The Hall–Kier alpha value is -0.900. The van der Waals surface area contributed by atoms with E-state index in [9.17, 15) is 0 Å². The number of likely N-dealkylation sites (tertiary alicyclic amines) is 1. The third kappa shape index (κ3) is 3.47. The molecule has 1 aromatic rings. The fourth-order valence-corrected chi connectivity index (χ4v) is 3.79. The van der Waals surface area contributed by atoms with Crippen molar-refractivity contribution in [2.45, 2.75) is 38.3 Å². The summed E-state index contributed by atoms with van der Waals surface area (Å²) in [5.74, 6) is 0.777. The Labute approximate surface area is 128 Å². The van der Waals surface area contributed by atoms with Crippen molar-refractivity contribution in [1.29, 1.82) is 0 Å². The molecule has 0 aliphatic carbocycles. The maximum absolute atomic E-state index is 6.13. The summed E-state index contributed by atoms with van der Waals surface area (Å²) in [7, 11) is 1.79. The Morgan fingerprint density at radius 2 is 2.14 bits per heavy atom. The van der Waals surface area contributed by atoms with E-state index in [1.807, 2.05) is 0 Å². The second-order valence-electron chi connectivity index (χ2n) is 6.74. The highest BCUT2D eigenvalue weighted by Gasteiger charge is 2.47. The van der Waals surface area contributed by atoms with Crippen molar-refractivity contribution < 1.29 is 9.47 Å². The number of hydrogen-bond acceptors (Lipinski definition) is 3. The van der Waals surface area contributed by atoms with Crippen LogP contribution in [0.1, 0.15) is 30.4 Å². The number of aryl methyl sites for hydroxylation is 1. The van der Waals surface area contributed by atoms with E-state index in [0.29, 0.717) is 0 Å². The van der Waals surface area contributed by atoms with Crippen molar-refractivity contribution in [3.63, 3.8) is 0 Å². The van der Waals surface area contributed by atoms with Crippen LogP contribution >= 0.6 is 0 Å². The van der Waals surface area contributed by atoms with Crippen molar-refractivity contribution in [2.75, 3.05) is 33.4 Å². The first kappa shape index (κ1) is 15.0. The van der Waals surface area contributed by atoms with Gasteiger partial charge in [-0.05, 0) is 43.2 Å². The van der Waals surface area contributed by atoms with Gasteiger partial charge in [-0.1, -0.05) is 24.3 Å². The molecule has 2 aliphatic rings. The van der Waals surface area contributed by atoms with E-state index in [0.717, 1.165) is 38.8 Å². The van der Waals surface area contributed by atoms with Gasteiger partial charge in [-0.15, -0.1) is 0 Å². The molecule has 1 atom stereocenters. The van der Waals surface area contributed by atoms with Crippen LogP contribution in [-0.4, -0.2) is 43.9 Å². The maximum atomic E-state index is 6.13. The van der Waals surface area contributed by atoms with Crippen molar-refractivity contribution >= 4 is 0 Å². The number of rotatable bonds is 5. The topological polar surface area (TPSA) is 21.7 Å². The van der Waals surface area contributed by atoms with Crippen LogP contribution in [0, 0.1) is 12.8 Å². The van der Waals surface area contributed by atoms with Crippen molar-refractivity contribution in [1.82, 2.24) is 4.90 Å². The average molecular weight is 289 g/mol. The molecule has 0 unspecified atom stereocenters. The minimum absolute atomic E-state index is 0.138. The van der Waals surface area contributed by atoms with Crippen LogP contribution in [0.4, 0.5) is 0 Å². The number of nitrogens with zero attached hydrogens (tertiary/aromatic N) is 1. The van der Waals surface area contributed by atoms with Gasteiger partial charge in [0.2, 0.25) is 0 Å². The molecule has 3 heteroatoms. The molecule has 2 heterocycles. The van der Waals surface area contributed by atoms with Crippen LogP contribution < -0.4 is 0 Å². The van der Waals surface area contributed by atoms with Crippen LogP contribution in [0.25, 0.3) is 0 Å². The lowest BCUT2D eigenvalue weighted by molar-refractivity contribution is -0.182. The zero-order chi connectivity index (χ0) is 14.7. The minimum Gasteiger partial charge on any atom is -0.385 e. The monoisotopic (exact) mass is 289 g/mol. The number of hydrogen-bond donors (Lipinski definition) is 0. The molecule has 0 bridgehead atoms. The van der Waals surface area contributed by atoms with Gasteiger partial charge in [-0.25, -0.2) is 0 Å². The van der Waals surface area contributed by atoms with Crippen LogP contribution in [0.3, 0.4) is 0 Å². The highest BCUT2D eigenvalue weighted by atomic mass is 16.5. The summed E-state index contributed by atoms with van der Waals surface area (Å²) in [6.07, 6.45) is 3.59. The predicted octanol–water partition coefficient (Wildman–Crippen LogP) is 3.01. The van der Waals surface area contributed by atoms with Gasteiger partial charge in [0.25, 0.3) is 0 Å². The Morgan fingerprint density at radius 1 is 1.33 bits per heavy atom. The highest BCUT2D eigenvalue weighted by molar-refractivity contribution is 5.26. The van der Waals surface area contributed by atoms with Crippen LogP contribution in [-0.2, 0) is 16.0 Å². The van der Waals surface area contributed by atoms with Crippen molar-refractivity contribution in [3.05, 3.63) is 35.4 Å². The first-order valence-electron chi connectivity index (χ1n) is 8.10.